The van der Waals surface area contributed by atoms with Crippen molar-refractivity contribution in [3.8, 4) is 17.4 Å². The molecule has 0 atom stereocenters. The van der Waals surface area contributed by atoms with E-state index in [9.17, 15) is 20.0 Å². The van der Waals surface area contributed by atoms with Gasteiger partial charge >= 0.3 is 5.97 Å². The number of carbonyl (C=O) groups is 2. The summed E-state index contributed by atoms with van der Waals surface area (Å²) >= 11 is 5.89. The van der Waals surface area contributed by atoms with E-state index in [4.69, 9.17) is 16.0 Å². The van der Waals surface area contributed by atoms with Crippen LogP contribution in [0.5, 0.6) is 0 Å². The number of anilines is 1. The summed E-state index contributed by atoms with van der Waals surface area (Å²) in [7, 11) is 0. The van der Waals surface area contributed by atoms with E-state index in [1.165, 1.54) is 18.2 Å². The van der Waals surface area contributed by atoms with Gasteiger partial charge in [-0.3, -0.25) is 4.79 Å². The predicted octanol–water partition coefficient (Wildman–Crippen LogP) is 5.15. The highest BCUT2D eigenvalue weighted by Crippen LogP contribution is 2.28. The maximum atomic E-state index is 12.4. The van der Waals surface area contributed by atoms with Gasteiger partial charge in [0, 0.05) is 22.3 Å². The number of amides is 1. The van der Waals surface area contributed by atoms with Crippen LogP contribution in [0, 0.1) is 18.3 Å². The lowest BCUT2D eigenvalue weighted by atomic mass is 10.0. The summed E-state index contributed by atoms with van der Waals surface area (Å²) in [5.41, 5.74) is 1.90. The Kier molecular flexibility index (Phi) is 5.82. The monoisotopic (exact) mass is 406 g/mol. The Morgan fingerprint density at radius 2 is 1.97 bits per heavy atom. The van der Waals surface area contributed by atoms with Gasteiger partial charge in [-0.1, -0.05) is 23.7 Å². The minimum absolute atomic E-state index is 0.137. The topological polar surface area (TPSA) is 103 Å². The van der Waals surface area contributed by atoms with E-state index in [2.05, 4.69) is 5.32 Å². The van der Waals surface area contributed by atoms with Crippen molar-refractivity contribution in [3.63, 3.8) is 0 Å². The lowest BCUT2D eigenvalue weighted by molar-refractivity contribution is -0.112. The quantitative estimate of drug-likeness (QED) is 0.450. The van der Waals surface area contributed by atoms with Crippen molar-refractivity contribution in [1.82, 2.24) is 0 Å². The van der Waals surface area contributed by atoms with Crippen LogP contribution in [0.25, 0.3) is 17.4 Å². The van der Waals surface area contributed by atoms with Gasteiger partial charge < -0.3 is 14.8 Å². The Balaban J connectivity index is 1.86. The van der Waals surface area contributed by atoms with Crippen molar-refractivity contribution in [2.75, 3.05) is 5.32 Å². The predicted molar refractivity (Wildman–Crippen MR) is 110 cm³/mol. The number of nitriles is 1. The van der Waals surface area contributed by atoms with E-state index in [-0.39, 0.29) is 16.9 Å². The van der Waals surface area contributed by atoms with E-state index in [0.29, 0.717) is 22.0 Å². The van der Waals surface area contributed by atoms with Gasteiger partial charge in [0.15, 0.2) is 0 Å². The standard InChI is InChI=1S/C22H15ClN2O4/c1-13-5-6-14(22(27)28)10-19(13)20-8-7-18(29-20)9-15(12-24)21(26)25-17-4-2-3-16(23)11-17/h2-11H,1H3,(H,25,26)(H,27,28)/b15-9+. The van der Waals surface area contributed by atoms with Crippen LogP contribution in [0.2, 0.25) is 5.02 Å². The van der Waals surface area contributed by atoms with Crippen LogP contribution < -0.4 is 5.32 Å². The van der Waals surface area contributed by atoms with Crippen LogP contribution >= 0.6 is 11.6 Å². The summed E-state index contributed by atoms with van der Waals surface area (Å²) in [6, 6.07) is 16.4. The molecule has 1 heterocycles. The van der Waals surface area contributed by atoms with Crippen LogP contribution in [0.15, 0.2) is 64.6 Å². The molecule has 144 valence electrons. The van der Waals surface area contributed by atoms with Crippen LogP contribution in [0.1, 0.15) is 21.7 Å². The fourth-order valence-electron chi connectivity index (χ4n) is 2.65. The molecule has 29 heavy (non-hydrogen) atoms. The molecule has 0 saturated carbocycles. The zero-order valence-corrected chi connectivity index (χ0v) is 16.0. The average Bonchev–Trinajstić information content (AvgIpc) is 3.14. The minimum atomic E-state index is -1.04. The van der Waals surface area contributed by atoms with Gasteiger partial charge in [-0.05, 0) is 55.0 Å². The summed E-state index contributed by atoms with van der Waals surface area (Å²) in [6.45, 7) is 1.83. The number of carbonyl (C=O) groups excluding carboxylic acids is 1. The highest BCUT2D eigenvalue weighted by Gasteiger charge is 2.14. The fraction of sp³-hybridized carbons (Fsp3) is 0.0455. The first-order valence-corrected chi connectivity index (χ1v) is 8.88. The molecule has 0 unspecified atom stereocenters. The van der Waals surface area contributed by atoms with Crippen molar-refractivity contribution in [1.29, 1.82) is 5.26 Å². The SMILES string of the molecule is Cc1ccc(C(=O)O)cc1-c1ccc(/C=C(\C#N)C(=O)Nc2cccc(Cl)c2)o1. The van der Waals surface area contributed by atoms with E-state index in [1.54, 1.807) is 42.5 Å². The molecule has 1 amide bonds. The van der Waals surface area contributed by atoms with Gasteiger partial charge in [0.1, 0.15) is 23.2 Å². The zero-order valence-electron chi connectivity index (χ0n) is 15.3. The Bertz CT molecular complexity index is 1170. The first-order chi connectivity index (χ1) is 13.9. The van der Waals surface area contributed by atoms with Crippen LogP contribution in [-0.2, 0) is 4.79 Å². The Hall–Kier alpha value is -3.82. The van der Waals surface area contributed by atoms with Gasteiger partial charge in [0.2, 0.25) is 0 Å². The first kappa shape index (κ1) is 19.9. The Labute approximate surface area is 171 Å². The molecule has 0 bridgehead atoms. The fourth-order valence-corrected chi connectivity index (χ4v) is 2.84. The molecule has 0 aliphatic rings. The normalized spacial score (nSPS) is 11.0. The first-order valence-electron chi connectivity index (χ1n) is 8.50. The Morgan fingerprint density at radius 3 is 2.66 bits per heavy atom. The summed E-state index contributed by atoms with van der Waals surface area (Å²) < 4.78 is 5.72. The van der Waals surface area contributed by atoms with Crippen molar-refractivity contribution < 1.29 is 19.1 Å². The molecule has 0 radical (unpaired) electrons. The number of halogens is 1. The third-order valence-corrected chi connectivity index (χ3v) is 4.35. The molecule has 3 aromatic rings. The number of aryl methyl sites for hydroxylation is 1. The highest BCUT2D eigenvalue weighted by molar-refractivity contribution is 6.31. The summed E-state index contributed by atoms with van der Waals surface area (Å²) in [4.78, 5) is 23.6. The maximum Gasteiger partial charge on any atom is 0.335 e. The van der Waals surface area contributed by atoms with Crippen molar-refractivity contribution in [2.24, 2.45) is 0 Å². The number of hydrogen-bond acceptors (Lipinski definition) is 4. The van der Waals surface area contributed by atoms with Crippen molar-refractivity contribution in [3.05, 3.63) is 82.1 Å². The third-order valence-electron chi connectivity index (χ3n) is 4.11. The molecule has 6 nitrogen and oxygen atoms in total. The second-order valence-electron chi connectivity index (χ2n) is 6.17. The number of nitrogens with zero attached hydrogens (tertiary/aromatic N) is 1. The third kappa shape index (κ3) is 4.72. The molecule has 7 heteroatoms. The smallest absolute Gasteiger partial charge is 0.335 e. The second kappa shape index (κ2) is 8.46. The number of aromatic carboxylic acids is 1. The second-order valence-corrected chi connectivity index (χ2v) is 6.61. The lowest BCUT2D eigenvalue weighted by Gasteiger charge is -2.05. The van der Waals surface area contributed by atoms with E-state index in [1.807, 2.05) is 13.0 Å². The number of benzene rings is 2. The molecule has 0 spiro atoms. The molecule has 0 saturated heterocycles. The lowest BCUT2D eigenvalue weighted by Crippen LogP contribution is -2.13. The highest BCUT2D eigenvalue weighted by atomic mass is 35.5. The summed E-state index contributed by atoms with van der Waals surface area (Å²) in [5.74, 6) is -0.915. The molecule has 1 aromatic heterocycles. The molecule has 0 fully saturated rings. The van der Waals surface area contributed by atoms with Crippen LogP contribution in [-0.4, -0.2) is 17.0 Å². The van der Waals surface area contributed by atoms with Gasteiger partial charge in [0.05, 0.1) is 5.56 Å². The number of rotatable bonds is 5. The number of nitrogens with one attached hydrogen (secondary N) is 1. The molecular formula is C22H15ClN2O4. The van der Waals surface area contributed by atoms with Gasteiger partial charge in [-0.2, -0.15) is 5.26 Å². The van der Waals surface area contributed by atoms with Gasteiger partial charge in [-0.15, -0.1) is 0 Å². The maximum absolute atomic E-state index is 12.4. The number of carboxylic acid groups (broad SMARTS) is 1. The zero-order chi connectivity index (χ0) is 21.0. The van der Waals surface area contributed by atoms with Gasteiger partial charge in [0.25, 0.3) is 5.91 Å². The number of furan rings is 1. The van der Waals surface area contributed by atoms with Crippen LogP contribution in [0.3, 0.4) is 0 Å². The van der Waals surface area contributed by atoms with Crippen LogP contribution in [0.4, 0.5) is 5.69 Å². The summed E-state index contributed by atoms with van der Waals surface area (Å²) in [5, 5.41) is 21.6. The number of carboxylic acids is 1. The molecule has 0 aliphatic carbocycles. The van der Waals surface area contributed by atoms with E-state index < -0.39 is 11.9 Å². The molecular weight excluding hydrogens is 392 g/mol. The molecule has 3 rings (SSSR count). The largest absolute Gasteiger partial charge is 0.478 e. The van der Waals surface area contributed by atoms with E-state index in [0.717, 1.165) is 5.56 Å². The summed E-state index contributed by atoms with van der Waals surface area (Å²) in [6.07, 6.45) is 1.32. The number of hydrogen-bond donors (Lipinski definition) is 2. The van der Waals surface area contributed by atoms with Crippen molar-refractivity contribution in [2.45, 2.75) is 6.92 Å². The molecule has 2 N–H and O–H groups in total. The average molecular weight is 407 g/mol. The van der Waals surface area contributed by atoms with Crippen molar-refractivity contribution >= 4 is 35.2 Å². The molecule has 0 aliphatic heterocycles. The van der Waals surface area contributed by atoms with E-state index >= 15 is 0 Å². The Morgan fingerprint density at radius 1 is 1.17 bits per heavy atom. The van der Waals surface area contributed by atoms with Gasteiger partial charge in [-0.25, -0.2) is 4.79 Å². The molecule has 2 aromatic carbocycles. The minimum Gasteiger partial charge on any atom is -0.478 e.